The minimum absolute atomic E-state index is 0.321. The van der Waals surface area contributed by atoms with Crippen molar-refractivity contribution in [2.75, 3.05) is 0 Å². The average molecular weight is 303 g/mol. The van der Waals surface area contributed by atoms with Gasteiger partial charge in [-0.15, -0.1) is 0 Å². The highest BCUT2D eigenvalue weighted by molar-refractivity contribution is 5.90. The van der Waals surface area contributed by atoms with Crippen LogP contribution < -0.4 is 5.32 Å². The molecular formula is C14H16F3NO3. The standard InChI is InChI=1S/C14H16F3NO3/c1-14(2,8-4-3-5-9(15)6-8)13(21)18-10(12(19)20)7-11(16)17/h3-6,10-11H,7H2,1-2H3,(H,18,21)(H,19,20). The molecule has 0 fully saturated rings. The van der Waals surface area contributed by atoms with Crippen LogP contribution in [0.15, 0.2) is 24.3 Å². The molecule has 21 heavy (non-hydrogen) atoms. The maximum absolute atomic E-state index is 13.2. The summed E-state index contributed by atoms with van der Waals surface area (Å²) in [5, 5.41) is 10.9. The topological polar surface area (TPSA) is 66.4 Å². The van der Waals surface area contributed by atoms with Crippen molar-refractivity contribution >= 4 is 11.9 Å². The highest BCUT2D eigenvalue weighted by atomic mass is 19.3. The Balaban J connectivity index is 2.92. The molecule has 2 N–H and O–H groups in total. The molecule has 0 saturated heterocycles. The van der Waals surface area contributed by atoms with Crippen LogP contribution >= 0.6 is 0 Å². The van der Waals surface area contributed by atoms with Gasteiger partial charge >= 0.3 is 5.97 Å². The zero-order chi connectivity index (χ0) is 16.2. The number of nitrogens with one attached hydrogen (secondary N) is 1. The molecular weight excluding hydrogens is 287 g/mol. The second-order valence-electron chi connectivity index (χ2n) is 5.13. The number of hydrogen-bond acceptors (Lipinski definition) is 2. The van der Waals surface area contributed by atoms with Crippen LogP contribution in [-0.2, 0) is 15.0 Å². The lowest BCUT2D eigenvalue weighted by molar-refractivity contribution is -0.143. The molecule has 4 nitrogen and oxygen atoms in total. The number of carboxylic acids is 1. The minimum atomic E-state index is -2.86. The molecule has 0 saturated carbocycles. The van der Waals surface area contributed by atoms with Crippen molar-refractivity contribution in [3.05, 3.63) is 35.6 Å². The molecule has 1 aromatic carbocycles. The van der Waals surface area contributed by atoms with E-state index in [2.05, 4.69) is 5.32 Å². The number of amides is 1. The van der Waals surface area contributed by atoms with E-state index >= 15 is 0 Å². The molecule has 1 rings (SSSR count). The van der Waals surface area contributed by atoms with Crippen molar-refractivity contribution in [2.24, 2.45) is 0 Å². The summed E-state index contributed by atoms with van der Waals surface area (Å²) < 4.78 is 37.8. The summed E-state index contributed by atoms with van der Waals surface area (Å²) in [5.74, 6) is -2.85. The summed E-state index contributed by atoms with van der Waals surface area (Å²) in [6, 6.07) is 3.57. The first-order valence-corrected chi connectivity index (χ1v) is 6.22. The molecule has 1 amide bonds. The SMILES string of the molecule is CC(C)(C(=O)NC(CC(F)F)C(=O)O)c1cccc(F)c1. The number of carbonyl (C=O) groups is 2. The zero-order valence-corrected chi connectivity index (χ0v) is 11.6. The Morgan fingerprint density at radius 2 is 1.95 bits per heavy atom. The van der Waals surface area contributed by atoms with Gasteiger partial charge in [0, 0.05) is 6.42 Å². The normalized spacial score (nSPS) is 13.0. The van der Waals surface area contributed by atoms with Crippen molar-refractivity contribution < 1.29 is 27.9 Å². The van der Waals surface area contributed by atoms with Gasteiger partial charge in [-0.25, -0.2) is 18.0 Å². The molecule has 1 atom stereocenters. The number of hydrogen-bond donors (Lipinski definition) is 2. The van der Waals surface area contributed by atoms with Gasteiger partial charge in [0.25, 0.3) is 0 Å². The van der Waals surface area contributed by atoms with Crippen LogP contribution in [0.2, 0.25) is 0 Å². The van der Waals surface area contributed by atoms with Gasteiger partial charge in [-0.3, -0.25) is 4.79 Å². The minimum Gasteiger partial charge on any atom is -0.480 e. The second kappa shape index (κ2) is 6.60. The Labute approximate surface area is 120 Å². The van der Waals surface area contributed by atoms with E-state index in [0.29, 0.717) is 5.56 Å². The Morgan fingerprint density at radius 3 is 2.43 bits per heavy atom. The van der Waals surface area contributed by atoms with E-state index in [-0.39, 0.29) is 0 Å². The van der Waals surface area contributed by atoms with E-state index in [1.165, 1.54) is 32.0 Å². The van der Waals surface area contributed by atoms with Crippen molar-refractivity contribution in [3.63, 3.8) is 0 Å². The van der Waals surface area contributed by atoms with Crippen LogP contribution in [-0.4, -0.2) is 29.5 Å². The van der Waals surface area contributed by atoms with Gasteiger partial charge in [0.1, 0.15) is 11.9 Å². The van der Waals surface area contributed by atoms with Gasteiger partial charge in [0.05, 0.1) is 5.41 Å². The molecule has 116 valence electrons. The highest BCUT2D eigenvalue weighted by Crippen LogP contribution is 2.24. The fourth-order valence-electron chi connectivity index (χ4n) is 1.75. The molecule has 0 aromatic heterocycles. The van der Waals surface area contributed by atoms with Crippen LogP contribution in [0.3, 0.4) is 0 Å². The smallest absolute Gasteiger partial charge is 0.326 e. The number of aliphatic carboxylic acids is 1. The first-order chi connectivity index (χ1) is 9.64. The van der Waals surface area contributed by atoms with Crippen molar-refractivity contribution in [1.29, 1.82) is 0 Å². The third kappa shape index (κ3) is 4.47. The lowest BCUT2D eigenvalue weighted by Crippen LogP contribution is -2.49. The van der Waals surface area contributed by atoms with E-state index in [9.17, 15) is 22.8 Å². The third-order valence-electron chi connectivity index (χ3n) is 3.13. The van der Waals surface area contributed by atoms with Gasteiger partial charge in [-0.05, 0) is 31.5 Å². The van der Waals surface area contributed by atoms with Crippen molar-refractivity contribution in [3.8, 4) is 0 Å². The van der Waals surface area contributed by atoms with E-state index < -0.39 is 42.0 Å². The van der Waals surface area contributed by atoms with Crippen LogP contribution in [0, 0.1) is 5.82 Å². The first-order valence-electron chi connectivity index (χ1n) is 6.22. The average Bonchev–Trinajstić information content (AvgIpc) is 2.37. The number of rotatable bonds is 6. The Kier molecular flexibility index (Phi) is 5.34. The summed E-state index contributed by atoms with van der Waals surface area (Å²) in [6.07, 6.45) is -3.84. The van der Waals surface area contributed by atoms with E-state index in [0.717, 1.165) is 6.07 Å². The Bertz CT molecular complexity index is 532. The predicted octanol–water partition coefficient (Wildman–Crippen LogP) is 2.33. The van der Waals surface area contributed by atoms with Crippen LogP contribution in [0.25, 0.3) is 0 Å². The zero-order valence-electron chi connectivity index (χ0n) is 11.6. The van der Waals surface area contributed by atoms with Gasteiger partial charge in [0.15, 0.2) is 0 Å². The third-order valence-corrected chi connectivity index (χ3v) is 3.13. The number of halogens is 3. The number of carboxylic acid groups (broad SMARTS) is 1. The number of benzene rings is 1. The Morgan fingerprint density at radius 1 is 1.33 bits per heavy atom. The van der Waals surface area contributed by atoms with Crippen LogP contribution in [0.1, 0.15) is 25.8 Å². The Hall–Kier alpha value is -2.05. The first kappa shape index (κ1) is 17.0. The van der Waals surface area contributed by atoms with E-state index in [1.807, 2.05) is 0 Å². The van der Waals surface area contributed by atoms with Crippen LogP contribution in [0.4, 0.5) is 13.2 Å². The maximum atomic E-state index is 13.2. The second-order valence-corrected chi connectivity index (χ2v) is 5.13. The fraction of sp³-hybridized carbons (Fsp3) is 0.429. The van der Waals surface area contributed by atoms with Crippen LogP contribution in [0.5, 0.6) is 0 Å². The molecule has 0 bridgehead atoms. The van der Waals surface area contributed by atoms with Crippen molar-refractivity contribution in [1.82, 2.24) is 5.32 Å². The molecule has 7 heteroatoms. The van der Waals surface area contributed by atoms with Crippen molar-refractivity contribution in [2.45, 2.75) is 38.2 Å². The summed E-state index contributed by atoms with van der Waals surface area (Å²) >= 11 is 0. The summed E-state index contributed by atoms with van der Waals surface area (Å²) in [7, 11) is 0. The maximum Gasteiger partial charge on any atom is 0.326 e. The molecule has 0 heterocycles. The lowest BCUT2D eigenvalue weighted by Gasteiger charge is -2.26. The fourth-order valence-corrected chi connectivity index (χ4v) is 1.75. The number of carbonyl (C=O) groups excluding carboxylic acids is 1. The summed E-state index contributed by atoms with van der Waals surface area (Å²) in [6.45, 7) is 2.91. The predicted molar refractivity (Wildman–Crippen MR) is 69.6 cm³/mol. The molecule has 1 unspecified atom stereocenters. The summed E-state index contributed by atoms with van der Waals surface area (Å²) in [5.41, 5.74) is -0.932. The van der Waals surface area contributed by atoms with Gasteiger partial charge in [-0.1, -0.05) is 12.1 Å². The molecule has 0 spiro atoms. The van der Waals surface area contributed by atoms with Gasteiger partial charge in [0.2, 0.25) is 12.3 Å². The van der Waals surface area contributed by atoms with Gasteiger partial charge in [-0.2, -0.15) is 0 Å². The number of alkyl halides is 2. The van der Waals surface area contributed by atoms with E-state index in [4.69, 9.17) is 5.11 Å². The highest BCUT2D eigenvalue weighted by Gasteiger charge is 2.34. The van der Waals surface area contributed by atoms with Gasteiger partial charge < -0.3 is 10.4 Å². The molecule has 0 aliphatic carbocycles. The quantitative estimate of drug-likeness (QED) is 0.847. The monoisotopic (exact) mass is 303 g/mol. The molecule has 1 aromatic rings. The largest absolute Gasteiger partial charge is 0.480 e. The summed E-state index contributed by atoms with van der Waals surface area (Å²) in [4.78, 5) is 23.0. The molecule has 0 aliphatic rings. The van der Waals surface area contributed by atoms with E-state index in [1.54, 1.807) is 0 Å². The molecule has 0 radical (unpaired) electrons. The lowest BCUT2D eigenvalue weighted by atomic mass is 9.83. The molecule has 0 aliphatic heterocycles.